The summed E-state index contributed by atoms with van der Waals surface area (Å²) >= 11 is 5.88. The van der Waals surface area contributed by atoms with Crippen molar-refractivity contribution in [2.45, 2.75) is 25.4 Å². The Bertz CT molecular complexity index is 500. The van der Waals surface area contributed by atoms with E-state index in [-0.39, 0.29) is 12.5 Å². The molecule has 0 spiro atoms. The van der Waals surface area contributed by atoms with Crippen LogP contribution in [0.3, 0.4) is 0 Å². The zero-order valence-corrected chi connectivity index (χ0v) is 12.4. The van der Waals surface area contributed by atoms with E-state index in [2.05, 4.69) is 5.32 Å². The van der Waals surface area contributed by atoms with Gasteiger partial charge in [-0.1, -0.05) is 23.7 Å². The molecule has 0 aliphatic carbocycles. The van der Waals surface area contributed by atoms with Gasteiger partial charge < -0.3 is 14.8 Å². The Kier molecular flexibility index (Phi) is 6.02. The minimum Gasteiger partial charge on any atom is -0.454 e. The predicted molar refractivity (Wildman–Crippen MR) is 78.1 cm³/mol. The number of amides is 1. The van der Waals surface area contributed by atoms with Gasteiger partial charge in [0.2, 0.25) is 0 Å². The fourth-order valence-electron chi connectivity index (χ4n) is 2.08. The first-order chi connectivity index (χ1) is 10.1. The van der Waals surface area contributed by atoms with Crippen LogP contribution in [0.5, 0.6) is 0 Å². The van der Waals surface area contributed by atoms with E-state index in [0.29, 0.717) is 31.0 Å². The van der Waals surface area contributed by atoms with Crippen molar-refractivity contribution in [2.24, 2.45) is 0 Å². The lowest BCUT2D eigenvalue weighted by molar-refractivity contribution is -0.157. The lowest BCUT2D eigenvalue weighted by Gasteiger charge is -2.10. The Balaban J connectivity index is 1.62. The van der Waals surface area contributed by atoms with E-state index in [0.717, 1.165) is 12.0 Å². The van der Waals surface area contributed by atoms with Crippen molar-refractivity contribution >= 4 is 23.5 Å². The Morgan fingerprint density at radius 1 is 1.43 bits per heavy atom. The maximum Gasteiger partial charge on any atom is 0.335 e. The molecule has 1 N–H and O–H groups in total. The Hall–Kier alpha value is -1.59. The fraction of sp³-hybridized carbons (Fsp3) is 0.467. The zero-order valence-electron chi connectivity index (χ0n) is 11.6. The summed E-state index contributed by atoms with van der Waals surface area (Å²) in [5.74, 6) is -0.777. The smallest absolute Gasteiger partial charge is 0.335 e. The topological polar surface area (TPSA) is 64.6 Å². The van der Waals surface area contributed by atoms with Gasteiger partial charge >= 0.3 is 5.97 Å². The van der Waals surface area contributed by atoms with Crippen LogP contribution in [0.25, 0.3) is 0 Å². The molecule has 0 saturated carbocycles. The third-order valence-corrected chi connectivity index (χ3v) is 3.40. The third-order valence-electron chi connectivity index (χ3n) is 3.16. The first-order valence-electron chi connectivity index (χ1n) is 6.94. The van der Waals surface area contributed by atoms with Gasteiger partial charge in [-0.3, -0.25) is 4.79 Å². The highest BCUT2D eigenvalue weighted by Crippen LogP contribution is 2.13. The van der Waals surface area contributed by atoms with Gasteiger partial charge in [-0.05, 0) is 37.0 Å². The van der Waals surface area contributed by atoms with E-state index in [4.69, 9.17) is 21.1 Å². The van der Waals surface area contributed by atoms with Crippen LogP contribution in [-0.2, 0) is 25.5 Å². The van der Waals surface area contributed by atoms with E-state index in [1.54, 1.807) is 6.07 Å². The number of hydrogen-bond donors (Lipinski definition) is 1. The molecule has 1 aliphatic heterocycles. The predicted octanol–water partition coefficient (Wildman–Crippen LogP) is 1.72. The number of carbonyl (C=O) groups is 2. The number of rotatable bonds is 6. The van der Waals surface area contributed by atoms with Crippen molar-refractivity contribution in [1.82, 2.24) is 5.32 Å². The summed E-state index contributed by atoms with van der Waals surface area (Å²) in [6.07, 6.45) is 1.68. The molecule has 21 heavy (non-hydrogen) atoms. The molecule has 0 aromatic heterocycles. The van der Waals surface area contributed by atoms with Crippen molar-refractivity contribution in [3.05, 3.63) is 34.9 Å². The molecule has 1 fully saturated rings. The molecular formula is C15H18ClNO4. The molecular weight excluding hydrogens is 294 g/mol. The van der Waals surface area contributed by atoms with Crippen LogP contribution in [0.1, 0.15) is 18.4 Å². The highest BCUT2D eigenvalue weighted by molar-refractivity contribution is 6.30. The van der Waals surface area contributed by atoms with Gasteiger partial charge in [0.15, 0.2) is 12.7 Å². The number of halogens is 1. The van der Waals surface area contributed by atoms with Gasteiger partial charge in [0, 0.05) is 18.2 Å². The second-order valence-corrected chi connectivity index (χ2v) is 5.28. The highest BCUT2D eigenvalue weighted by atomic mass is 35.5. The van der Waals surface area contributed by atoms with Crippen molar-refractivity contribution < 1.29 is 19.1 Å². The first-order valence-corrected chi connectivity index (χ1v) is 7.32. The van der Waals surface area contributed by atoms with Crippen molar-refractivity contribution in [3.8, 4) is 0 Å². The summed E-state index contributed by atoms with van der Waals surface area (Å²) in [7, 11) is 0. The average molecular weight is 312 g/mol. The van der Waals surface area contributed by atoms with Crippen LogP contribution in [0, 0.1) is 0 Å². The number of esters is 1. The molecule has 1 aromatic carbocycles. The summed E-state index contributed by atoms with van der Waals surface area (Å²) in [6.45, 7) is 0.774. The second-order valence-electron chi connectivity index (χ2n) is 4.84. The largest absolute Gasteiger partial charge is 0.454 e. The standard InChI is InChI=1S/C15H18ClNO4/c16-12-4-1-3-11(9-12)6-7-17-14(18)10-21-15(19)13-5-2-8-20-13/h1,3-4,9,13H,2,5-8,10H2,(H,17,18)/t13-/m0/s1. The minimum absolute atomic E-state index is 0.270. The number of carbonyl (C=O) groups excluding carboxylic acids is 2. The quantitative estimate of drug-likeness (QED) is 0.813. The maximum absolute atomic E-state index is 11.6. The highest BCUT2D eigenvalue weighted by Gasteiger charge is 2.25. The Morgan fingerprint density at radius 3 is 3.00 bits per heavy atom. The molecule has 1 aromatic rings. The van der Waals surface area contributed by atoms with Gasteiger partial charge in [0.1, 0.15) is 0 Å². The molecule has 6 heteroatoms. The molecule has 1 heterocycles. The van der Waals surface area contributed by atoms with Gasteiger partial charge in [-0.25, -0.2) is 4.79 Å². The molecule has 2 rings (SSSR count). The lowest BCUT2D eigenvalue weighted by atomic mass is 10.1. The third kappa shape index (κ3) is 5.36. The zero-order chi connectivity index (χ0) is 15.1. The van der Waals surface area contributed by atoms with E-state index in [9.17, 15) is 9.59 Å². The summed E-state index contributed by atoms with van der Waals surface area (Å²) in [5, 5.41) is 3.37. The minimum atomic E-state index is -0.510. The SMILES string of the molecule is O=C(COC(=O)[C@@H]1CCCO1)NCCc1cccc(Cl)c1. The normalized spacial score (nSPS) is 17.5. The molecule has 0 unspecified atom stereocenters. The lowest BCUT2D eigenvalue weighted by Crippen LogP contribution is -2.32. The monoisotopic (exact) mass is 311 g/mol. The maximum atomic E-state index is 11.6. The van der Waals surface area contributed by atoms with Crippen molar-refractivity contribution in [1.29, 1.82) is 0 Å². The summed E-state index contributed by atoms with van der Waals surface area (Å²) in [6, 6.07) is 7.46. The van der Waals surface area contributed by atoms with Crippen LogP contribution in [0.2, 0.25) is 5.02 Å². The fourth-order valence-corrected chi connectivity index (χ4v) is 2.30. The molecule has 0 bridgehead atoms. The number of ether oxygens (including phenoxy) is 2. The summed E-state index contributed by atoms with van der Waals surface area (Å²) in [5.41, 5.74) is 1.04. The van der Waals surface area contributed by atoms with E-state index >= 15 is 0 Å². The second kappa shape index (κ2) is 8.00. The number of hydrogen-bond acceptors (Lipinski definition) is 4. The van der Waals surface area contributed by atoms with Crippen LogP contribution in [-0.4, -0.2) is 37.7 Å². The van der Waals surface area contributed by atoms with E-state index < -0.39 is 12.1 Å². The van der Waals surface area contributed by atoms with Crippen LogP contribution in [0.4, 0.5) is 0 Å². The van der Waals surface area contributed by atoms with Crippen molar-refractivity contribution in [2.75, 3.05) is 19.8 Å². The molecule has 5 nitrogen and oxygen atoms in total. The van der Waals surface area contributed by atoms with Gasteiger partial charge in [0.25, 0.3) is 5.91 Å². The average Bonchev–Trinajstić information content (AvgIpc) is 2.99. The van der Waals surface area contributed by atoms with Gasteiger partial charge in [0.05, 0.1) is 0 Å². The molecule has 1 aliphatic rings. The van der Waals surface area contributed by atoms with Crippen molar-refractivity contribution in [3.63, 3.8) is 0 Å². The van der Waals surface area contributed by atoms with Crippen LogP contribution in [0.15, 0.2) is 24.3 Å². The van der Waals surface area contributed by atoms with E-state index in [1.807, 2.05) is 18.2 Å². The van der Waals surface area contributed by atoms with Gasteiger partial charge in [-0.2, -0.15) is 0 Å². The summed E-state index contributed by atoms with van der Waals surface area (Å²) < 4.78 is 10.1. The molecule has 1 amide bonds. The Morgan fingerprint density at radius 2 is 2.29 bits per heavy atom. The molecule has 0 radical (unpaired) electrons. The summed E-state index contributed by atoms with van der Waals surface area (Å²) in [4.78, 5) is 23.1. The first kappa shape index (κ1) is 15.8. The number of benzene rings is 1. The number of nitrogens with one attached hydrogen (secondary N) is 1. The molecule has 1 atom stereocenters. The molecule has 114 valence electrons. The van der Waals surface area contributed by atoms with Crippen LogP contribution < -0.4 is 5.32 Å². The van der Waals surface area contributed by atoms with Crippen LogP contribution >= 0.6 is 11.6 Å². The van der Waals surface area contributed by atoms with Gasteiger partial charge in [-0.15, -0.1) is 0 Å². The Labute approximate surface area is 128 Å². The molecule has 1 saturated heterocycles. The van der Waals surface area contributed by atoms with E-state index in [1.165, 1.54) is 0 Å².